The normalized spacial score (nSPS) is 11.3. The van der Waals surface area contributed by atoms with Gasteiger partial charge in [-0.25, -0.2) is 0 Å². The number of carbonyl (C=O) groups is 1. The number of pyridine rings is 1. The van der Waals surface area contributed by atoms with Crippen LogP contribution in [-0.4, -0.2) is 34.4 Å². The SMILES string of the molecule is [CH3][Sn]([CH3])([CH3])[c]1cc(C(=O)O)ccn1. The van der Waals surface area contributed by atoms with Crippen LogP contribution in [0.4, 0.5) is 0 Å². The van der Waals surface area contributed by atoms with Gasteiger partial charge >= 0.3 is 81.7 Å². The molecule has 0 aromatic carbocycles. The molecule has 1 N–H and O–H groups in total. The van der Waals surface area contributed by atoms with E-state index in [4.69, 9.17) is 5.11 Å². The van der Waals surface area contributed by atoms with Crippen molar-refractivity contribution in [2.24, 2.45) is 0 Å². The van der Waals surface area contributed by atoms with Crippen LogP contribution in [0.25, 0.3) is 0 Å². The van der Waals surface area contributed by atoms with Crippen LogP contribution in [-0.2, 0) is 0 Å². The Balaban J connectivity index is 3.13. The third-order valence-electron chi connectivity index (χ3n) is 1.78. The summed E-state index contributed by atoms with van der Waals surface area (Å²) in [7, 11) is 0. The van der Waals surface area contributed by atoms with Crippen LogP contribution in [0.2, 0.25) is 14.8 Å². The van der Waals surface area contributed by atoms with Crippen molar-refractivity contribution in [2.45, 2.75) is 14.8 Å². The van der Waals surface area contributed by atoms with Crippen LogP contribution in [0.1, 0.15) is 10.4 Å². The summed E-state index contributed by atoms with van der Waals surface area (Å²) in [5.74, 6) is -0.876. The molecule has 1 aromatic heterocycles. The van der Waals surface area contributed by atoms with Gasteiger partial charge in [-0.1, -0.05) is 0 Å². The molecule has 1 rings (SSSR count). The molecule has 0 radical (unpaired) electrons. The van der Waals surface area contributed by atoms with Crippen LogP contribution in [0.3, 0.4) is 0 Å². The molecule has 0 amide bonds. The summed E-state index contributed by atoms with van der Waals surface area (Å²) in [5.41, 5.74) is 0.344. The zero-order chi connectivity index (χ0) is 10.1. The van der Waals surface area contributed by atoms with E-state index in [1.54, 1.807) is 12.3 Å². The van der Waals surface area contributed by atoms with Crippen molar-refractivity contribution < 1.29 is 9.90 Å². The molecule has 1 heterocycles. The molecule has 0 bridgehead atoms. The van der Waals surface area contributed by atoms with Gasteiger partial charge in [0.2, 0.25) is 0 Å². The fourth-order valence-corrected chi connectivity index (χ4v) is 3.97. The van der Waals surface area contributed by atoms with Crippen molar-refractivity contribution in [2.75, 3.05) is 0 Å². The van der Waals surface area contributed by atoms with Gasteiger partial charge in [0.05, 0.1) is 0 Å². The average Bonchev–Trinajstić information content (AvgIpc) is 2.03. The third kappa shape index (κ3) is 2.69. The molecule has 0 atom stereocenters. The molecule has 0 fully saturated rings. The second kappa shape index (κ2) is 3.65. The van der Waals surface area contributed by atoms with E-state index in [9.17, 15) is 4.79 Å². The number of rotatable bonds is 2. The molecule has 0 spiro atoms. The third-order valence-corrected chi connectivity index (χ3v) is 6.94. The molecule has 0 aliphatic carbocycles. The standard InChI is InChI=1S/C6H4NO2.3CH3.Sn/c8-6(9)5-1-3-7-4-2-5;;;;/h1-3H,(H,8,9);3*1H3;. The van der Waals surface area contributed by atoms with E-state index in [2.05, 4.69) is 19.8 Å². The predicted molar refractivity (Wildman–Crippen MR) is 54.2 cm³/mol. The molecule has 13 heavy (non-hydrogen) atoms. The molecule has 0 unspecified atom stereocenters. The second-order valence-corrected chi connectivity index (χ2v) is 18.3. The quantitative estimate of drug-likeness (QED) is 0.834. The molecule has 0 aliphatic heterocycles. The fraction of sp³-hybridized carbons (Fsp3) is 0.333. The Morgan fingerprint density at radius 2 is 2.08 bits per heavy atom. The van der Waals surface area contributed by atoms with Crippen molar-refractivity contribution in [3.8, 4) is 0 Å². The zero-order valence-corrected chi connectivity index (χ0v) is 10.9. The molecule has 4 heteroatoms. The summed E-state index contributed by atoms with van der Waals surface area (Å²) in [5, 5.41) is 8.77. The minimum atomic E-state index is -2.19. The van der Waals surface area contributed by atoms with E-state index in [0.29, 0.717) is 5.56 Å². The average molecular weight is 286 g/mol. The monoisotopic (exact) mass is 287 g/mol. The molecular weight excluding hydrogens is 273 g/mol. The number of hydrogen-bond acceptors (Lipinski definition) is 2. The van der Waals surface area contributed by atoms with Crippen molar-refractivity contribution in [1.82, 2.24) is 4.98 Å². The summed E-state index contributed by atoms with van der Waals surface area (Å²) < 4.78 is 1.01. The van der Waals surface area contributed by atoms with E-state index < -0.39 is 24.3 Å². The van der Waals surface area contributed by atoms with E-state index in [1.807, 2.05) is 0 Å². The van der Waals surface area contributed by atoms with Gasteiger partial charge < -0.3 is 0 Å². The molecule has 0 saturated heterocycles. The van der Waals surface area contributed by atoms with Gasteiger partial charge in [0.15, 0.2) is 0 Å². The summed E-state index contributed by atoms with van der Waals surface area (Å²) in [6, 6.07) is 3.24. The Labute approximate surface area is 81.7 Å². The first kappa shape index (κ1) is 10.5. The van der Waals surface area contributed by atoms with Crippen molar-refractivity contribution in [3.63, 3.8) is 0 Å². The van der Waals surface area contributed by atoms with E-state index in [-0.39, 0.29) is 0 Å². The fourth-order valence-electron chi connectivity index (χ4n) is 0.974. The first-order valence-corrected chi connectivity index (χ1v) is 14.1. The maximum atomic E-state index is 10.7. The summed E-state index contributed by atoms with van der Waals surface area (Å²) >= 11 is -2.19. The van der Waals surface area contributed by atoms with Gasteiger partial charge in [-0.05, 0) is 0 Å². The Kier molecular flexibility index (Phi) is 2.95. The van der Waals surface area contributed by atoms with Crippen LogP contribution < -0.4 is 3.71 Å². The number of carboxylic acid groups (broad SMARTS) is 1. The Hall–Kier alpha value is -0.581. The Morgan fingerprint density at radius 1 is 1.46 bits per heavy atom. The number of nitrogens with zero attached hydrogens (tertiary/aromatic N) is 1. The topological polar surface area (TPSA) is 50.2 Å². The van der Waals surface area contributed by atoms with Crippen molar-refractivity contribution in [3.05, 3.63) is 23.9 Å². The molecule has 70 valence electrons. The van der Waals surface area contributed by atoms with Crippen LogP contribution in [0.5, 0.6) is 0 Å². The predicted octanol–water partition coefficient (Wildman–Crippen LogP) is 1.32. The minimum absolute atomic E-state index is 0.344. The van der Waals surface area contributed by atoms with Crippen LogP contribution >= 0.6 is 0 Å². The van der Waals surface area contributed by atoms with Crippen LogP contribution in [0.15, 0.2) is 18.3 Å². The number of carboxylic acids is 1. The molecule has 0 saturated carbocycles. The Bertz CT molecular complexity index is 331. The van der Waals surface area contributed by atoms with Gasteiger partial charge in [0.1, 0.15) is 0 Å². The van der Waals surface area contributed by atoms with Gasteiger partial charge in [-0.3, -0.25) is 0 Å². The van der Waals surface area contributed by atoms with E-state index in [0.717, 1.165) is 3.71 Å². The molecule has 3 nitrogen and oxygen atoms in total. The second-order valence-electron chi connectivity index (χ2n) is 3.98. The van der Waals surface area contributed by atoms with Crippen LogP contribution in [0, 0.1) is 0 Å². The summed E-state index contributed by atoms with van der Waals surface area (Å²) in [6.45, 7) is 0. The van der Waals surface area contributed by atoms with Crippen molar-refractivity contribution >= 4 is 28.1 Å². The summed E-state index contributed by atoms with van der Waals surface area (Å²) in [6.07, 6.45) is 1.58. The number of aromatic nitrogens is 1. The van der Waals surface area contributed by atoms with Crippen molar-refractivity contribution in [1.29, 1.82) is 0 Å². The van der Waals surface area contributed by atoms with Gasteiger partial charge in [-0.2, -0.15) is 0 Å². The number of hydrogen-bond donors (Lipinski definition) is 1. The maximum absolute atomic E-state index is 10.7. The molecular formula is C9H13NO2Sn. The molecule has 0 aliphatic rings. The number of aromatic carboxylic acids is 1. The van der Waals surface area contributed by atoms with Gasteiger partial charge in [0.25, 0.3) is 0 Å². The van der Waals surface area contributed by atoms with Gasteiger partial charge in [0, 0.05) is 0 Å². The summed E-state index contributed by atoms with van der Waals surface area (Å²) in [4.78, 5) is 21.5. The van der Waals surface area contributed by atoms with E-state index >= 15 is 0 Å². The Morgan fingerprint density at radius 3 is 2.54 bits per heavy atom. The van der Waals surface area contributed by atoms with Gasteiger partial charge in [-0.15, -0.1) is 0 Å². The zero-order valence-electron chi connectivity index (χ0n) is 8.03. The van der Waals surface area contributed by atoms with E-state index in [1.165, 1.54) is 6.07 Å². The molecule has 1 aromatic rings. The first-order chi connectivity index (χ1) is 5.91. The first-order valence-electron chi connectivity index (χ1n) is 4.11.